The van der Waals surface area contributed by atoms with Crippen LogP contribution in [0.15, 0.2) is 36.5 Å². The number of benzene rings is 1. The van der Waals surface area contributed by atoms with Gasteiger partial charge in [0.1, 0.15) is 6.04 Å². The molecule has 1 aromatic heterocycles. The van der Waals surface area contributed by atoms with E-state index >= 15 is 0 Å². The van der Waals surface area contributed by atoms with Gasteiger partial charge in [0.05, 0.1) is 12.7 Å². The van der Waals surface area contributed by atoms with E-state index in [-0.39, 0.29) is 18.0 Å². The smallest absolute Gasteiger partial charge is 0.337 e. The Hall–Kier alpha value is -2.35. The molecule has 2 aromatic rings. The molecule has 0 saturated carbocycles. The van der Waals surface area contributed by atoms with Crippen LogP contribution in [0.5, 0.6) is 0 Å². The van der Waals surface area contributed by atoms with Crippen LogP contribution < -0.4 is 5.32 Å². The predicted molar refractivity (Wildman–Crippen MR) is 80.9 cm³/mol. The zero-order chi connectivity index (χ0) is 17.2. The number of carbonyl (C=O) groups is 1. The minimum absolute atomic E-state index is 0.0913. The number of amides is 1. The van der Waals surface area contributed by atoms with Crippen LogP contribution >= 0.6 is 0 Å². The Balaban J connectivity index is 1.64. The Kier molecular flexibility index (Phi) is 4.57. The second-order valence-electron chi connectivity index (χ2n) is 5.71. The second-order valence-corrected chi connectivity index (χ2v) is 5.71. The van der Waals surface area contributed by atoms with Crippen LogP contribution in [-0.2, 0) is 17.8 Å². The maximum absolute atomic E-state index is 13.3. The average molecular weight is 338 g/mol. The van der Waals surface area contributed by atoms with Crippen molar-refractivity contribution in [3.8, 4) is 0 Å². The van der Waals surface area contributed by atoms with E-state index in [0.29, 0.717) is 19.5 Å². The fraction of sp³-hybridized carbons (Fsp3) is 0.375. The minimum Gasteiger partial charge on any atom is -0.337 e. The van der Waals surface area contributed by atoms with Crippen LogP contribution in [0.3, 0.4) is 0 Å². The monoisotopic (exact) mass is 338 g/mol. The van der Waals surface area contributed by atoms with Crippen LogP contribution in [0, 0.1) is 0 Å². The van der Waals surface area contributed by atoms with Crippen molar-refractivity contribution < 1.29 is 18.0 Å². The van der Waals surface area contributed by atoms with E-state index in [1.54, 1.807) is 29.3 Å². The van der Waals surface area contributed by atoms with E-state index in [9.17, 15) is 18.0 Å². The molecular weight excluding hydrogens is 321 g/mol. The van der Waals surface area contributed by atoms with Gasteiger partial charge < -0.3 is 4.90 Å². The summed E-state index contributed by atoms with van der Waals surface area (Å²) >= 11 is 0. The number of alkyl halides is 3. The van der Waals surface area contributed by atoms with Gasteiger partial charge in [0.15, 0.2) is 0 Å². The largest absolute Gasteiger partial charge is 0.407 e. The molecule has 0 spiro atoms. The number of carbonyl (C=O) groups excluding carboxylic acids is 1. The maximum Gasteiger partial charge on any atom is 0.407 e. The number of halogens is 3. The SMILES string of the molecule is O=C(CNC(c1ccccc1)C(F)(F)F)N1CCc2[nH]ncc2C1. The molecule has 8 heteroatoms. The van der Waals surface area contributed by atoms with Crippen molar-refractivity contribution >= 4 is 5.91 Å². The van der Waals surface area contributed by atoms with E-state index in [1.165, 1.54) is 12.1 Å². The third kappa shape index (κ3) is 3.59. The number of hydrogen-bond acceptors (Lipinski definition) is 3. The lowest BCUT2D eigenvalue weighted by Gasteiger charge is -2.28. The maximum atomic E-state index is 13.3. The number of rotatable bonds is 4. The van der Waals surface area contributed by atoms with Gasteiger partial charge in [0.2, 0.25) is 5.91 Å². The summed E-state index contributed by atoms with van der Waals surface area (Å²) in [7, 11) is 0. The molecule has 3 rings (SSSR count). The van der Waals surface area contributed by atoms with Crippen molar-refractivity contribution in [2.45, 2.75) is 25.2 Å². The van der Waals surface area contributed by atoms with Crippen LogP contribution in [-0.4, -0.2) is 40.3 Å². The highest BCUT2D eigenvalue weighted by molar-refractivity contribution is 5.78. The van der Waals surface area contributed by atoms with Gasteiger partial charge in [-0.3, -0.25) is 15.2 Å². The van der Waals surface area contributed by atoms with Crippen molar-refractivity contribution in [3.05, 3.63) is 53.3 Å². The van der Waals surface area contributed by atoms with Gasteiger partial charge in [-0.25, -0.2) is 0 Å². The number of nitrogens with one attached hydrogen (secondary N) is 2. The zero-order valence-electron chi connectivity index (χ0n) is 12.8. The summed E-state index contributed by atoms with van der Waals surface area (Å²) in [4.78, 5) is 13.8. The van der Waals surface area contributed by atoms with Crippen molar-refractivity contribution in [3.63, 3.8) is 0 Å². The standard InChI is InChI=1S/C16H17F3N4O/c17-16(18,19)15(11-4-2-1-3-5-11)20-9-14(24)23-7-6-13-12(10-23)8-21-22-13/h1-5,8,15,20H,6-7,9-10H2,(H,21,22). The summed E-state index contributed by atoms with van der Waals surface area (Å²) in [5.41, 5.74) is 1.98. The Labute approximate surface area is 136 Å². The summed E-state index contributed by atoms with van der Waals surface area (Å²) in [5.74, 6) is -0.355. The van der Waals surface area contributed by atoms with Gasteiger partial charge in [-0.15, -0.1) is 0 Å². The number of hydrogen-bond donors (Lipinski definition) is 2. The summed E-state index contributed by atoms with van der Waals surface area (Å²) in [6, 6.07) is 5.67. The highest BCUT2D eigenvalue weighted by atomic mass is 19.4. The van der Waals surface area contributed by atoms with Gasteiger partial charge in [-0.1, -0.05) is 30.3 Å². The lowest BCUT2D eigenvalue weighted by atomic mass is 10.1. The molecule has 1 amide bonds. The Morgan fingerprint density at radius 1 is 1.33 bits per heavy atom. The molecule has 1 unspecified atom stereocenters. The Morgan fingerprint density at radius 3 is 2.79 bits per heavy atom. The second kappa shape index (κ2) is 6.64. The molecule has 0 bridgehead atoms. The highest BCUT2D eigenvalue weighted by Crippen LogP contribution is 2.32. The number of aromatic amines is 1. The third-order valence-corrected chi connectivity index (χ3v) is 4.07. The first-order valence-electron chi connectivity index (χ1n) is 7.59. The van der Waals surface area contributed by atoms with E-state index in [2.05, 4.69) is 15.5 Å². The van der Waals surface area contributed by atoms with E-state index < -0.39 is 12.2 Å². The molecule has 1 aliphatic heterocycles. The molecule has 24 heavy (non-hydrogen) atoms. The molecule has 1 atom stereocenters. The molecule has 0 aliphatic carbocycles. The Morgan fingerprint density at radius 2 is 2.08 bits per heavy atom. The average Bonchev–Trinajstić information content (AvgIpc) is 3.02. The molecule has 0 radical (unpaired) electrons. The summed E-state index contributed by atoms with van der Waals surface area (Å²) in [6.07, 6.45) is -2.20. The molecule has 1 aliphatic rings. The topological polar surface area (TPSA) is 61.0 Å². The van der Waals surface area contributed by atoms with Gasteiger partial charge in [-0.05, 0) is 5.56 Å². The molecule has 0 saturated heterocycles. The lowest BCUT2D eigenvalue weighted by Crippen LogP contribution is -2.44. The first-order valence-corrected chi connectivity index (χ1v) is 7.59. The quantitative estimate of drug-likeness (QED) is 0.898. The lowest BCUT2D eigenvalue weighted by molar-refractivity contribution is -0.159. The summed E-state index contributed by atoms with van der Waals surface area (Å²) in [5, 5.41) is 9.12. The fourth-order valence-electron chi connectivity index (χ4n) is 2.80. The van der Waals surface area contributed by atoms with Gasteiger partial charge >= 0.3 is 6.18 Å². The molecule has 2 N–H and O–H groups in total. The molecule has 5 nitrogen and oxygen atoms in total. The Bertz CT molecular complexity index is 699. The first-order chi connectivity index (χ1) is 11.4. The van der Waals surface area contributed by atoms with Crippen LogP contribution in [0.2, 0.25) is 0 Å². The van der Waals surface area contributed by atoms with Crippen LogP contribution in [0.4, 0.5) is 13.2 Å². The molecule has 128 valence electrons. The third-order valence-electron chi connectivity index (χ3n) is 4.07. The number of nitrogens with zero attached hydrogens (tertiary/aromatic N) is 2. The fourth-order valence-corrected chi connectivity index (χ4v) is 2.80. The van der Waals surface area contributed by atoms with Crippen molar-refractivity contribution in [2.24, 2.45) is 0 Å². The van der Waals surface area contributed by atoms with E-state index in [0.717, 1.165) is 11.3 Å². The normalized spacial score (nSPS) is 15.9. The van der Waals surface area contributed by atoms with Crippen molar-refractivity contribution in [1.29, 1.82) is 0 Å². The number of fused-ring (bicyclic) bond motifs is 1. The van der Waals surface area contributed by atoms with Crippen LogP contribution in [0.25, 0.3) is 0 Å². The van der Waals surface area contributed by atoms with Gasteiger partial charge in [-0.2, -0.15) is 18.3 Å². The molecular formula is C16H17F3N4O. The van der Waals surface area contributed by atoms with Crippen molar-refractivity contribution in [1.82, 2.24) is 20.4 Å². The summed E-state index contributed by atoms with van der Waals surface area (Å²) < 4.78 is 39.8. The predicted octanol–water partition coefficient (Wildman–Crippen LogP) is 2.19. The van der Waals surface area contributed by atoms with E-state index in [4.69, 9.17) is 0 Å². The summed E-state index contributed by atoms with van der Waals surface area (Å²) in [6.45, 7) is 0.471. The van der Waals surface area contributed by atoms with Crippen LogP contribution in [0.1, 0.15) is 22.9 Å². The number of aromatic nitrogens is 2. The van der Waals surface area contributed by atoms with Gasteiger partial charge in [0.25, 0.3) is 0 Å². The molecule has 2 heterocycles. The van der Waals surface area contributed by atoms with Crippen molar-refractivity contribution in [2.75, 3.05) is 13.1 Å². The highest BCUT2D eigenvalue weighted by Gasteiger charge is 2.40. The first kappa shape index (κ1) is 16.5. The van der Waals surface area contributed by atoms with Gasteiger partial charge in [0, 0.05) is 30.8 Å². The molecule has 0 fully saturated rings. The molecule has 1 aromatic carbocycles. The zero-order valence-corrected chi connectivity index (χ0v) is 12.8. The minimum atomic E-state index is -4.47. The van der Waals surface area contributed by atoms with E-state index in [1.807, 2.05) is 0 Å². The number of H-pyrrole nitrogens is 1.